The van der Waals surface area contributed by atoms with Crippen molar-refractivity contribution in [3.05, 3.63) is 0 Å². The van der Waals surface area contributed by atoms with Crippen LogP contribution >= 0.6 is 0 Å². The second-order valence-corrected chi connectivity index (χ2v) is 13.0. The average molecular weight is 493 g/mol. The summed E-state index contributed by atoms with van der Waals surface area (Å²) in [7, 11) is 0. The van der Waals surface area contributed by atoms with Crippen LogP contribution < -0.4 is 0 Å². The van der Waals surface area contributed by atoms with E-state index in [-0.39, 0.29) is 59.1 Å². The van der Waals surface area contributed by atoms with Crippen molar-refractivity contribution >= 4 is 11.8 Å². The fraction of sp³-hybridized carbons (Fsp3) is 0.931. The molecule has 12 atom stereocenters. The Kier molecular flexibility index (Phi) is 7.78. The van der Waals surface area contributed by atoms with Crippen molar-refractivity contribution in [3.63, 3.8) is 0 Å². The van der Waals surface area contributed by atoms with Crippen LogP contribution in [0.5, 0.6) is 0 Å². The first-order valence-corrected chi connectivity index (χ1v) is 14.2. The Balaban J connectivity index is 1.48. The molecule has 4 fully saturated rings. The van der Waals surface area contributed by atoms with Gasteiger partial charge in [-0.3, -0.25) is 9.59 Å². The van der Waals surface area contributed by atoms with Crippen LogP contribution in [0, 0.1) is 52.3 Å². The normalized spacial score (nSPS) is 46.6. The Morgan fingerprint density at radius 2 is 1.71 bits per heavy atom. The third kappa shape index (κ3) is 4.50. The van der Waals surface area contributed by atoms with Gasteiger partial charge in [-0.05, 0) is 112 Å². The molecule has 35 heavy (non-hydrogen) atoms. The molecule has 0 aromatic carbocycles. The molecule has 0 aromatic heterocycles. The topological polar surface area (TPSA) is 104 Å². The molecule has 1 unspecified atom stereocenters. The van der Waals surface area contributed by atoms with Crippen LogP contribution in [0.15, 0.2) is 0 Å². The van der Waals surface area contributed by atoms with Gasteiger partial charge in [-0.2, -0.15) is 0 Å². The lowest BCUT2D eigenvalue weighted by molar-refractivity contribution is -0.207. The highest BCUT2D eigenvalue weighted by Crippen LogP contribution is 2.68. The van der Waals surface area contributed by atoms with Gasteiger partial charge < -0.3 is 20.1 Å². The number of rotatable bonds is 7. The van der Waals surface area contributed by atoms with E-state index >= 15 is 0 Å². The van der Waals surface area contributed by atoms with Crippen molar-refractivity contribution in [1.29, 1.82) is 0 Å². The molecule has 4 aliphatic carbocycles. The first-order valence-electron chi connectivity index (χ1n) is 14.2. The van der Waals surface area contributed by atoms with Crippen molar-refractivity contribution in [1.82, 2.24) is 0 Å². The van der Waals surface area contributed by atoms with Crippen LogP contribution in [0.25, 0.3) is 0 Å². The summed E-state index contributed by atoms with van der Waals surface area (Å²) in [6.07, 6.45) is 6.07. The van der Waals surface area contributed by atoms with Crippen LogP contribution in [-0.4, -0.2) is 52.0 Å². The number of carbonyl (C=O) groups excluding carboxylic acids is 2. The van der Waals surface area contributed by atoms with Gasteiger partial charge in [-0.1, -0.05) is 20.8 Å². The molecule has 4 rings (SSSR count). The van der Waals surface area contributed by atoms with Crippen molar-refractivity contribution in [2.75, 3.05) is 6.61 Å². The van der Waals surface area contributed by atoms with Crippen LogP contribution in [0.2, 0.25) is 0 Å². The number of Topliss-reactive ketones (excluding diaryl/α,β-unsaturated/α-hetero) is 1. The van der Waals surface area contributed by atoms with Gasteiger partial charge in [0, 0.05) is 6.42 Å². The quantitative estimate of drug-likeness (QED) is 0.365. The maximum Gasteiger partial charge on any atom is 0.316 e. The zero-order chi connectivity index (χ0) is 25.7. The highest BCUT2D eigenvalue weighted by atomic mass is 16.5. The number of hydrogen-bond donors (Lipinski definition) is 3. The standard InChI is InChI=1S/C29H48O6/c1-6-35-27(34)17(3)23(31)10-7-16(2)20-8-9-21-26-22(15-25(33)29(20,21)5)28(4)12-11-19(30)13-18(28)14-24(26)32/h16-22,24-26,30,32-33H,6-15H2,1-5H3/t16-,17?,18+,19-,20-,21+,22+,24-,25+,26+,28+,29-/m1/s1. The Morgan fingerprint density at radius 1 is 1.00 bits per heavy atom. The molecule has 3 N–H and O–H groups in total. The third-order valence-corrected chi connectivity index (χ3v) is 11.5. The minimum atomic E-state index is -0.727. The number of aliphatic hydroxyl groups is 3. The molecule has 6 heteroatoms. The largest absolute Gasteiger partial charge is 0.465 e. The van der Waals surface area contributed by atoms with Crippen LogP contribution in [0.3, 0.4) is 0 Å². The first kappa shape index (κ1) is 27.1. The monoisotopic (exact) mass is 492 g/mol. The molecule has 0 radical (unpaired) electrons. The summed E-state index contributed by atoms with van der Waals surface area (Å²) in [6.45, 7) is 10.4. The molecule has 0 amide bonds. The van der Waals surface area contributed by atoms with Crippen molar-refractivity contribution < 1.29 is 29.6 Å². The van der Waals surface area contributed by atoms with Crippen LogP contribution in [0.4, 0.5) is 0 Å². The van der Waals surface area contributed by atoms with E-state index in [4.69, 9.17) is 4.74 Å². The lowest BCUT2D eigenvalue weighted by atomic mass is 9.43. The summed E-state index contributed by atoms with van der Waals surface area (Å²) in [4.78, 5) is 24.6. The van der Waals surface area contributed by atoms with E-state index in [0.717, 1.165) is 44.9 Å². The molecular weight excluding hydrogens is 444 g/mol. The summed E-state index contributed by atoms with van der Waals surface area (Å²) < 4.78 is 5.01. The van der Waals surface area contributed by atoms with Gasteiger partial charge in [0.15, 0.2) is 0 Å². The van der Waals surface area contributed by atoms with E-state index in [1.54, 1.807) is 13.8 Å². The Morgan fingerprint density at radius 3 is 2.40 bits per heavy atom. The van der Waals surface area contributed by atoms with E-state index in [9.17, 15) is 24.9 Å². The number of fused-ring (bicyclic) bond motifs is 5. The molecule has 6 nitrogen and oxygen atoms in total. The summed E-state index contributed by atoms with van der Waals surface area (Å²) in [5.74, 6) is 0.389. The number of ether oxygens (including phenoxy) is 1. The fourth-order valence-electron chi connectivity index (χ4n) is 9.32. The predicted octanol–water partition coefficient (Wildman–Crippen LogP) is 4.13. The lowest BCUT2D eigenvalue weighted by Gasteiger charge is -2.63. The number of hydrogen-bond acceptors (Lipinski definition) is 6. The smallest absolute Gasteiger partial charge is 0.316 e. The molecular formula is C29H48O6. The van der Waals surface area contributed by atoms with Gasteiger partial charge >= 0.3 is 5.97 Å². The minimum Gasteiger partial charge on any atom is -0.465 e. The lowest BCUT2D eigenvalue weighted by Crippen LogP contribution is -2.62. The Hall–Kier alpha value is -0.980. The van der Waals surface area contributed by atoms with Gasteiger partial charge in [0.05, 0.1) is 24.9 Å². The maximum atomic E-state index is 12.6. The number of carbonyl (C=O) groups is 2. The van der Waals surface area contributed by atoms with Gasteiger partial charge in [-0.15, -0.1) is 0 Å². The molecule has 0 heterocycles. The van der Waals surface area contributed by atoms with E-state index in [1.807, 2.05) is 0 Å². The first-order chi connectivity index (χ1) is 16.4. The molecule has 0 saturated heterocycles. The third-order valence-electron chi connectivity index (χ3n) is 11.5. The van der Waals surface area contributed by atoms with Gasteiger partial charge in [-0.25, -0.2) is 0 Å². The van der Waals surface area contributed by atoms with Crippen LogP contribution in [-0.2, 0) is 14.3 Å². The Labute approximate surface area is 211 Å². The maximum absolute atomic E-state index is 12.6. The number of esters is 1. The molecule has 200 valence electrons. The predicted molar refractivity (Wildman–Crippen MR) is 133 cm³/mol. The van der Waals surface area contributed by atoms with Crippen molar-refractivity contribution in [2.45, 2.75) is 111 Å². The Bertz CT molecular complexity index is 798. The van der Waals surface area contributed by atoms with E-state index in [2.05, 4.69) is 20.8 Å². The number of ketones is 1. The van der Waals surface area contributed by atoms with Gasteiger partial charge in [0.2, 0.25) is 0 Å². The minimum absolute atomic E-state index is 0.0691. The second kappa shape index (κ2) is 10.1. The molecule has 0 bridgehead atoms. The summed E-state index contributed by atoms with van der Waals surface area (Å²) in [5.41, 5.74) is -0.195. The molecule has 4 aliphatic rings. The molecule has 4 saturated carbocycles. The van der Waals surface area contributed by atoms with Gasteiger partial charge in [0.1, 0.15) is 11.7 Å². The molecule has 0 spiro atoms. The highest BCUT2D eigenvalue weighted by Gasteiger charge is 2.65. The van der Waals surface area contributed by atoms with Crippen LogP contribution in [0.1, 0.15) is 92.4 Å². The second-order valence-electron chi connectivity index (χ2n) is 13.0. The van der Waals surface area contributed by atoms with Crippen molar-refractivity contribution in [2.24, 2.45) is 52.3 Å². The van der Waals surface area contributed by atoms with Gasteiger partial charge in [0.25, 0.3) is 0 Å². The van der Waals surface area contributed by atoms with Crippen molar-refractivity contribution in [3.8, 4) is 0 Å². The highest BCUT2D eigenvalue weighted by molar-refractivity contribution is 5.98. The number of aliphatic hydroxyl groups excluding tert-OH is 3. The summed E-state index contributed by atoms with van der Waals surface area (Å²) in [6, 6.07) is 0. The summed E-state index contributed by atoms with van der Waals surface area (Å²) >= 11 is 0. The zero-order valence-corrected chi connectivity index (χ0v) is 22.4. The molecule has 0 aromatic rings. The SMILES string of the molecule is CCOC(=O)C(C)C(=O)CC[C@@H](C)[C@H]1CC[C@H]2[C@@H]3[C@H](O)C[C@@H]4C[C@H](O)CC[C@]4(C)[C@H]3C[C@H](O)[C@]12C. The average Bonchev–Trinajstić information content (AvgIpc) is 3.17. The summed E-state index contributed by atoms with van der Waals surface area (Å²) in [5, 5.41) is 33.4. The van der Waals surface area contributed by atoms with E-state index < -0.39 is 18.0 Å². The molecule has 0 aliphatic heterocycles. The zero-order valence-electron chi connectivity index (χ0n) is 22.4. The fourth-order valence-corrected chi connectivity index (χ4v) is 9.32. The van der Waals surface area contributed by atoms with E-state index in [0.29, 0.717) is 24.7 Å². The van der Waals surface area contributed by atoms with E-state index in [1.165, 1.54) is 0 Å².